The summed E-state index contributed by atoms with van der Waals surface area (Å²) in [7, 11) is 0. The van der Waals surface area contributed by atoms with Crippen LogP contribution in [-0.4, -0.2) is 43.6 Å². The molecule has 0 unspecified atom stereocenters. The highest BCUT2D eigenvalue weighted by Crippen LogP contribution is 2.33. The lowest BCUT2D eigenvalue weighted by atomic mass is 10.1. The van der Waals surface area contributed by atoms with Crippen molar-refractivity contribution in [1.29, 1.82) is 0 Å². The number of amides is 3. The highest BCUT2D eigenvalue weighted by Gasteiger charge is 2.34. The topological polar surface area (TPSA) is 79.0 Å². The van der Waals surface area contributed by atoms with E-state index >= 15 is 0 Å². The van der Waals surface area contributed by atoms with Crippen LogP contribution < -0.4 is 15.1 Å². The Morgan fingerprint density at radius 1 is 1.38 bits per heavy atom. The smallest absolute Gasteiger partial charge is 0.414 e. The molecule has 1 atom stereocenters. The van der Waals surface area contributed by atoms with E-state index in [9.17, 15) is 14.4 Å². The summed E-state index contributed by atoms with van der Waals surface area (Å²) < 4.78 is 5.27. The summed E-state index contributed by atoms with van der Waals surface area (Å²) in [6.45, 7) is 4.84. The lowest BCUT2D eigenvalue weighted by Gasteiger charge is -2.18. The molecule has 1 fully saturated rings. The summed E-state index contributed by atoms with van der Waals surface area (Å²) in [4.78, 5) is 38.5. The van der Waals surface area contributed by atoms with Crippen LogP contribution in [0.25, 0.3) is 0 Å². The minimum atomic E-state index is -0.431. The summed E-state index contributed by atoms with van der Waals surface area (Å²) in [6.07, 6.45) is 0.463. The standard InChI is InChI=1S/C17H21N3O4/c1-3-6-19-15-5-4-13(7-12(15)8-16(19)22)20-10-14(24-17(20)23)9-18-11(2)21/h4-5,7,14H,3,6,8-10H2,1-2H3,(H,18,21)/t14-/m0/s1. The lowest BCUT2D eigenvalue weighted by molar-refractivity contribution is -0.119. The Morgan fingerprint density at radius 3 is 2.88 bits per heavy atom. The highest BCUT2D eigenvalue weighted by molar-refractivity contribution is 6.02. The van der Waals surface area contributed by atoms with Gasteiger partial charge in [-0.25, -0.2) is 4.79 Å². The van der Waals surface area contributed by atoms with Crippen LogP contribution in [0, 0.1) is 0 Å². The maximum atomic E-state index is 12.1. The molecule has 1 aromatic carbocycles. The third-order valence-electron chi connectivity index (χ3n) is 4.21. The van der Waals surface area contributed by atoms with Crippen LogP contribution in [0.1, 0.15) is 25.8 Å². The van der Waals surface area contributed by atoms with E-state index < -0.39 is 6.09 Å². The Balaban J connectivity index is 1.75. The van der Waals surface area contributed by atoms with Gasteiger partial charge in [0.15, 0.2) is 0 Å². The predicted molar refractivity (Wildman–Crippen MR) is 89.1 cm³/mol. The molecule has 2 heterocycles. The van der Waals surface area contributed by atoms with Gasteiger partial charge in [-0.2, -0.15) is 0 Å². The average molecular weight is 331 g/mol. The zero-order valence-corrected chi connectivity index (χ0v) is 13.9. The number of ether oxygens (including phenoxy) is 1. The van der Waals surface area contributed by atoms with Crippen LogP contribution in [0.2, 0.25) is 0 Å². The average Bonchev–Trinajstić information content (AvgIpc) is 3.05. The zero-order chi connectivity index (χ0) is 17.3. The number of hydrogen-bond donors (Lipinski definition) is 1. The minimum absolute atomic E-state index is 0.0940. The van der Waals surface area contributed by atoms with Crippen molar-refractivity contribution in [2.75, 3.05) is 29.4 Å². The molecular formula is C17H21N3O4. The van der Waals surface area contributed by atoms with E-state index in [0.29, 0.717) is 26.1 Å². The molecule has 0 aromatic heterocycles. The number of rotatable bonds is 5. The van der Waals surface area contributed by atoms with Crippen molar-refractivity contribution in [1.82, 2.24) is 5.32 Å². The fourth-order valence-electron chi connectivity index (χ4n) is 3.10. The number of anilines is 2. The number of nitrogens with zero attached hydrogens (tertiary/aromatic N) is 2. The summed E-state index contributed by atoms with van der Waals surface area (Å²) in [6, 6.07) is 5.60. The van der Waals surface area contributed by atoms with Gasteiger partial charge in [-0.1, -0.05) is 6.92 Å². The molecule has 2 aliphatic heterocycles. The molecule has 7 heteroatoms. The quantitative estimate of drug-likeness (QED) is 0.886. The molecule has 0 saturated carbocycles. The summed E-state index contributed by atoms with van der Waals surface area (Å²) in [5.74, 6) is -0.0620. The first-order valence-electron chi connectivity index (χ1n) is 8.15. The summed E-state index contributed by atoms with van der Waals surface area (Å²) >= 11 is 0. The third kappa shape index (κ3) is 3.06. The van der Waals surface area contributed by atoms with E-state index in [1.807, 2.05) is 25.1 Å². The summed E-state index contributed by atoms with van der Waals surface area (Å²) in [5, 5.41) is 2.65. The van der Waals surface area contributed by atoms with Crippen molar-refractivity contribution in [3.8, 4) is 0 Å². The van der Waals surface area contributed by atoms with Gasteiger partial charge in [0, 0.05) is 24.8 Å². The van der Waals surface area contributed by atoms with Gasteiger partial charge in [0.25, 0.3) is 0 Å². The molecular weight excluding hydrogens is 310 g/mol. The fourth-order valence-corrected chi connectivity index (χ4v) is 3.10. The fraction of sp³-hybridized carbons (Fsp3) is 0.471. The van der Waals surface area contributed by atoms with Crippen LogP contribution in [0.4, 0.5) is 16.2 Å². The van der Waals surface area contributed by atoms with Gasteiger partial charge in [0.2, 0.25) is 11.8 Å². The minimum Gasteiger partial charge on any atom is -0.442 e. The molecule has 2 aliphatic rings. The van der Waals surface area contributed by atoms with Crippen LogP contribution in [0.3, 0.4) is 0 Å². The number of fused-ring (bicyclic) bond motifs is 1. The first-order valence-corrected chi connectivity index (χ1v) is 8.15. The second-order valence-electron chi connectivity index (χ2n) is 6.09. The Hall–Kier alpha value is -2.57. The first kappa shape index (κ1) is 16.3. The zero-order valence-electron chi connectivity index (χ0n) is 13.9. The van der Waals surface area contributed by atoms with Crippen molar-refractivity contribution in [3.05, 3.63) is 23.8 Å². The monoisotopic (exact) mass is 331 g/mol. The van der Waals surface area contributed by atoms with Crippen LogP contribution in [-0.2, 0) is 20.7 Å². The SMILES string of the molecule is CCCN1C(=O)Cc2cc(N3C[C@H](CNC(C)=O)OC3=O)ccc21. The summed E-state index contributed by atoms with van der Waals surface area (Å²) in [5.41, 5.74) is 2.58. The number of nitrogens with one attached hydrogen (secondary N) is 1. The molecule has 1 aromatic rings. The Bertz CT molecular complexity index is 688. The molecule has 1 N–H and O–H groups in total. The maximum Gasteiger partial charge on any atom is 0.414 e. The number of hydrogen-bond acceptors (Lipinski definition) is 4. The second kappa shape index (κ2) is 6.51. The van der Waals surface area contributed by atoms with E-state index in [1.165, 1.54) is 6.92 Å². The largest absolute Gasteiger partial charge is 0.442 e. The number of carbonyl (C=O) groups is 3. The van der Waals surface area contributed by atoms with Crippen molar-refractivity contribution < 1.29 is 19.1 Å². The second-order valence-corrected chi connectivity index (χ2v) is 6.09. The predicted octanol–water partition coefficient (Wildman–Crippen LogP) is 1.45. The van der Waals surface area contributed by atoms with Crippen molar-refractivity contribution in [2.24, 2.45) is 0 Å². The molecule has 3 rings (SSSR count). The van der Waals surface area contributed by atoms with E-state index in [2.05, 4.69) is 5.32 Å². The molecule has 1 saturated heterocycles. The molecule has 7 nitrogen and oxygen atoms in total. The number of benzene rings is 1. The van der Waals surface area contributed by atoms with Crippen LogP contribution >= 0.6 is 0 Å². The lowest BCUT2D eigenvalue weighted by Crippen LogP contribution is -2.33. The molecule has 0 radical (unpaired) electrons. The molecule has 0 aliphatic carbocycles. The Kier molecular flexibility index (Phi) is 4.42. The Labute approximate surface area is 140 Å². The maximum absolute atomic E-state index is 12.1. The Morgan fingerprint density at radius 2 is 2.17 bits per heavy atom. The normalized spacial score (nSPS) is 19.5. The van der Waals surface area contributed by atoms with Crippen molar-refractivity contribution in [3.63, 3.8) is 0 Å². The number of carbonyl (C=O) groups excluding carboxylic acids is 3. The number of cyclic esters (lactones) is 1. The van der Waals surface area contributed by atoms with Crippen LogP contribution in [0.5, 0.6) is 0 Å². The van der Waals surface area contributed by atoms with E-state index in [0.717, 1.165) is 23.4 Å². The molecule has 24 heavy (non-hydrogen) atoms. The molecule has 3 amide bonds. The van der Waals surface area contributed by atoms with Gasteiger partial charge in [-0.3, -0.25) is 14.5 Å². The van der Waals surface area contributed by atoms with E-state index in [-0.39, 0.29) is 17.9 Å². The van der Waals surface area contributed by atoms with Gasteiger partial charge in [-0.05, 0) is 30.2 Å². The van der Waals surface area contributed by atoms with Gasteiger partial charge < -0.3 is 15.0 Å². The van der Waals surface area contributed by atoms with Gasteiger partial charge in [-0.15, -0.1) is 0 Å². The van der Waals surface area contributed by atoms with Crippen molar-refractivity contribution in [2.45, 2.75) is 32.8 Å². The molecule has 0 spiro atoms. The van der Waals surface area contributed by atoms with Gasteiger partial charge >= 0.3 is 6.09 Å². The highest BCUT2D eigenvalue weighted by atomic mass is 16.6. The van der Waals surface area contributed by atoms with E-state index in [4.69, 9.17) is 4.74 Å². The molecule has 0 bridgehead atoms. The van der Waals surface area contributed by atoms with Crippen molar-refractivity contribution >= 4 is 29.3 Å². The first-order chi connectivity index (χ1) is 11.5. The van der Waals surface area contributed by atoms with E-state index in [1.54, 1.807) is 9.80 Å². The van der Waals surface area contributed by atoms with Gasteiger partial charge in [0.1, 0.15) is 6.10 Å². The third-order valence-corrected chi connectivity index (χ3v) is 4.21. The van der Waals surface area contributed by atoms with Gasteiger partial charge in [0.05, 0.1) is 19.5 Å². The molecule has 128 valence electrons. The van der Waals surface area contributed by atoms with Crippen LogP contribution in [0.15, 0.2) is 18.2 Å².